The molecule has 2 heterocycles. The van der Waals surface area contributed by atoms with Crippen LogP contribution in [0.25, 0.3) is 10.9 Å². The molecule has 1 aromatic carbocycles. The molecule has 0 spiro atoms. The Bertz CT molecular complexity index is 609. The number of fused-ring (bicyclic) bond motifs is 1. The smallest absolute Gasteiger partial charge is 0.128 e. The van der Waals surface area contributed by atoms with Crippen LogP contribution in [0.15, 0.2) is 24.3 Å². The Hall–Kier alpha value is -1.85. The van der Waals surface area contributed by atoms with Crippen molar-refractivity contribution in [3.8, 4) is 5.75 Å². The van der Waals surface area contributed by atoms with Gasteiger partial charge in [-0.2, -0.15) is 0 Å². The van der Waals surface area contributed by atoms with Gasteiger partial charge < -0.3 is 15.2 Å². The van der Waals surface area contributed by atoms with Gasteiger partial charge in [0.15, 0.2) is 0 Å². The maximum Gasteiger partial charge on any atom is 0.128 e. The Morgan fingerprint density at radius 1 is 1.30 bits per heavy atom. The van der Waals surface area contributed by atoms with Crippen molar-refractivity contribution in [2.45, 2.75) is 6.54 Å². The molecule has 1 aliphatic heterocycles. The highest BCUT2D eigenvalue weighted by Crippen LogP contribution is 2.23. The van der Waals surface area contributed by atoms with Crippen LogP contribution in [0, 0.1) is 0 Å². The van der Waals surface area contributed by atoms with Crippen molar-refractivity contribution in [1.82, 2.24) is 9.88 Å². The first-order valence-corrected chi connectivity index (χ1v) is 6.79. The van der Waals surface area contributed by atoms with Crippen LogP contribution in [-0.2, 0) is 11.3 Å². The van der Waals surface area contributed by atoms with E-state index in [1.54, 1.807) is 7.11 Å². The normalized spacial score (nSPS) is 16.4. The van der Waals surface area contributed by atoms with Crippen LogP contribution in [0.4, 0.5) is 5.82 Å². The van der Waals surface area contributed by atoms with Crippen LogP contribution in [0.2, 0.25) is 0 Å². The van der Waals surface area contributed by atoms with Gasteiger partial charge in [0.1, 0.15) is 11.6 Å². The van der Waals surface area contributed by atoms with E-state index < -0.39 is 0 Å². The molecule has 5 nitrogen and oxygen atoms in total. The summed E-state index contributed by atoms with van der Waals surface area (Å²) in [6.07, 6.45) is 0. The molecule has 1 fully saturated rings. The Morgan fingerprint density at radius 3 is 2.85 bits per heavy atom. The molecule has 1 saturated heterocycles. The monoisotopic (exact) mass is 273 g/mol. The second-order valence-corrected chi connectivity index (χ2v) is 4.98. The Balaban J connectivity index is 1.89. The molecule has 0 unspecified atom stereocenters. The molecule has 0 amide bonds. The number of hydrogen-bond donors (Lipinski definition) is 1. The summed E-state index contributed by atoms with van der Waals surface area (Å²) in [6, 6.07) is 7.99. The summed E-state index contributed by atoms with van der Waals surface area (Å²) >= 11 is 0. The topological polar surface area (TPSA) is 60.6 Å². The molecule has 0 bridgehead atoms. The number of methoxy groups -OCH3 is 1. The number of aromatic nitrogens is 1. The average molecular weight is 273 g/mol. The van der Waals surface area contributed by atoms with Gasteiger partial charge in [0.2, 0.25) is 0 Å². The SMILES string of the molecule is COc1ccc2cc(CN3CCOCC3)c(N)nc2c1. The van der Waals surface area contributed by atoms with E-state index in [9.17, 15) is 0 Å². The van der Waals surface area contributed by atoms with Crippen molar-refractivity contribution in [3.63, 3.8) is 0 Å². The molecule has 0 aliphatic carbocycles. The van der Waals surface area contributed by atoms with Gasteiger partial charge in [-0.15, -0.1) is 0 Å². The Morgan fingerprint density at radius 2 is 2.10 bits per heavy atom. The largest absolute Gasteiger partial charge is 0.497 e. The number of nitrogens with zero attached hydrogens (tertiary/aromatic N) is 2. The number of benzene rings is 1. The van der Waals surface area contributed by atoms with E-state index in [0.717, 1.165) is 55.1 Å². The lowest BCUT2D eigenvalue weighted by Gasteiger charge is -2.26. The summed E-state index contributed by atoms with van der Waals surface area (Å²) in [5.41, 5.74) is 8.03. The van der Waals surface area contributed by atoms with Gasteiger partial charge in [-0.25, -0.2) is 4.98 Å². The summed E-state index contributed by atoms with van der Waals surface area (Å²) in [7, 11) is 1.65. The van der Waals surface area contributed by atoms with Crippen LogP contribution < -0.4 is 10.5 Å². The van der Waals surface area contributed by atoms with Crippen molar-refractivity contribution in [2.24, 2.45) is 0 Å². The predicted molar refractivity (Wildman–Crippen MR) is 78.8 cm³/mol. The Kier molecular flexibility index (Phi) is 3.71. The third-order valence-electron chi connectivity index (χ3n) is 3.63. The van der Waals surface area contributed by atoms with Crippen molar-refractivity contribution in [1.29, 1.82) is 0 Å². The third-order valence-corrected chi connectivity index (χ3v) is 3.63. The molecule has 1 aromatic heterocycles. The number of nitrogen functional groups attached to an aromatic ring is 1. The molecule has 20 heavy (non-hydrogen) atoms. The number of nitrogens with two attached hydrogens (primary N) is 1. The van der Waals surface area contributed by atoms with Crippen molar-refractivity contribution in [3.05, 3.63) is 29.8 Å². The van der Waals surface area contributed by atoms with Gasteiger partial charge in [-0.05, 0) is 18.2 Å². The second-order valence-electron chi connectivity index (χ2n) is 4.98. The van der Waals surface area contributed by atoms with Gasteiger partial charge >= 0.3 is 0 Å². The van der Waals surface area contributed by atoms with Gasteiger partial charge in [0, 0.05) is 36.7 Å². The molecule has 3 rings (SSSR count). The van der Waals surface area contributed by atoms with Crippen LogP contribution in [0.5, 0.6) is 5.75 Å². The molecule has 0 atom stereocenters. The van der Waals surface area contributed by atoms with Gasteiger partial charge in [-0.1, -0.05) is 0 Å². The molecule has 2 aromatic rings. The van der Waals surface area contributed by atoms with E-state index in [-0.39, 0.29) is 0 Å². The quantitative estimate of drug-likeness (QED) is 0.921. The first kappa shape index (κ1) is 13.1. The fourth-order valence-electron chi connectivity index (χ4n) is 2.46. The standard InChI is InChI=1S/C15H19N3O2/c1-19-13-3-2-11-8-12(15(16)17-14(11)9-13)10-18-4-6-20-7-5-18/h2-3,8-9H,4-7,10H2,1H3,(H2,16,17). The van der Waals surface area contributed by atoms with E-state index >= 15 is 0 Å². The predicted octanol–water partition coefficient (Wildman–Crippen LogP) is 1.66. The Labute approximate surface area is 118 Å². The molecule has 1 aliphatic rings. The van der Waals surface area contributed by atoms with Crippen molar-refractivity contribution >= 4 is 16.7 Å². The van der Waals surface area contributed by atoms with Crippen molar-refractivity contribution in [2.75, 3.05) is 39.1 Å². The number of ether oxygens (including phenoxy) is 2. The highest BCUT2D eigenvalue weighted by atomic mass is 16.5. The molecule has 5 heteroatoms. The van der Waals surface area contributed by atoms with E-state index in [1.165, 1.54) is 0 Å². The van der Waals surface area contributed by atoms with Gasteiger partial charge in [0.05, 0.1) is 25.8 Å². The fourth-order valence-corrected chi connectivity index (χ4v) is 2.46. The number of anilines is 1. The maximum atomic E-state index is 6.09. The van der Waals surface area contributed by atoms with E-state index in [0.29, 0.717) is 5.82 Å². The van der Waals surface area contributed by atoms with Crippen LogP contribution >= 0.6 is 0 Å². The summed E-state index contributed by atoms with van der Waals surface area (Å²) < 4.78 is 10.6. The maximum absolute atomic E-state index is 6.09. The van der Waals surface area contributed by atoms with Crippen LogP contribution in [0.3, 0.4) is 0 Å². The highest BCUT2D eigenvalue weighted by Gasteiger charge is 2.13. The third kappa shape index (κ3) is 2.69. The molecule has 0 saturated carbocycles. The zero-order valence-electron chi connectivity index (χ0n) is 11.6. The first-order valence-electron chi connectivity index (χ1n) is 6.79. The molecular formula is C15H19N3O2. The number of hydrogen-bond acceptors (Lipinski definition) is 5. The minimum absolute atomic E-state index is 0.595. The summed E-state index contributed by atoms with van der Waals surface area (Å²) in [6.45, 7) is 4.29. The van der Waals surface area contributed by atoms with Gasteiger partial charge in [0.25, 0.3) is 0 Å². The molecule has 2 N–H and O–H groups in total. The zero-order valence-corrected chi connectivity index (χ0v) is 11.6. The van der Waals surface area contributed by atoms with Gasteiger partial charge in [-0.3, -0.25) is 4.90 Å². The minimum atomic E-state index is 0.595. The fraction of sp³-hybridized carbons (Fsp3) is 0.400. The number of rotatable bonds is 3. The average Bonchev–Trinajstić information content (AvgIpc) is 2.48. The second kappa shape index (κ2) is 5.64. The molecule has 0 radical (unpaired) electrons. The number of pyridine rings is 1. The first-order chi connectivity index (χ1) is 9.76. The zero-order chi connectivity index (χ0) is 13.9. The summed E-state index contributed by atoms with van der Waals surface area (Å²) in [5.74, 6) is 1.39. The lowest BCUT2D eigenvalue weighted by molar-refractivity contribution is 0.0342. The molecule has 106 valence electrons. The summed E-state index contributed by atoms with van der Waals surface area (Å²) in [4.78, 5) is 6.83. The minimum Gasteiger partial charge on any atom is -0.497 e. The van der Waals surface area contributed by atoms with Crippen LogP contribution in [0.1, 0.15) is 5.56 Å². The van der Waals surface area contributed by atoms with E-state index in [1.807, 2.05) is 18.2 Å². The molecular weight excluding hydrogens is 254 g/mol. The van der Waals surface area contributed by atoms with Crippen molar-refractivity contribution < 1.29 is 9.47 Å². The van der Waals surface area contributed by atoms with E-state index in [2.05, 4.69) is 16.0 Å². The van der Waals surface area contributed by atoms with E-state index in [4.69, 9.17) is 15.2 Å². The highest BCUT2D eigenvalue weighted by molar-refractivity contribution is 5.82. The lowest BCUT2D eigenvalue weighted by Crippen LogP contribution is -2.35. The number of morpholine rings is 1. The summed E-state index contributed by atoms with van der Waals surface area (Å²) in [5, 5.41) is 1.09. The lowest BCUT2D eigenvalue weighted by atomic mass is 10.1. The van der Waals surface area contributed by atoms with Crippen LogP contribution in [-0.4, -0.2) is 43.3 Å².